The highest BCUT2D eigenvalue weighted by Gasteiger charge is 2.24. The fourth-order valence-corrected chi connectivity index (χ4v) is 2.56. The van der Waals surface area contributed by atoms with Gasteiger partial charge in [0.25, 0.3) is 5.56 Å². The summed E-state index contributed by atoms with van der Waals surface area (Å²) in [5.74, 6) is 1.09. The molecule has 5 heteroatoms. The predicted octanol–water partition coefficient (Wildman–Crippen LogP) is 1.41. The number of nitrogens with one attached hydrogen (secondary N) is 1. The Morgan fingerprint density at radius 1 is 1.53 bits per heavy atom. The predicted molar refractivity (Wildman–Crippen MR) is 77.5 cm³/mol. The number of anilines is 1. The van der Waals surface area contributed by atoms with Gasteiger partial charge in [0.15, 0.2) is 5.82 Å². The summed E-state index contributed by atoms with van der Waals surface area (Å²) in [6.45, 7) is 10.2. The summed E-state index contributed by atoms with van der Waals surface area (Å²) in [6.07, 6.45) is 4.60. The number of hydrogen-bond acceptors (Lipinski definition) is 4. The molecule has 0 bridgehead atoms. The van der Waals surface area contributed by atoms with Crippen molar-refractivity contribution in [1.29, 1.82) is 0 Å². The Hall–Kier alpha value is -1.36. The first kappa shape index (κ1) is 14.1. The van der Waals surface area contributed by atoms with E-state index in [1.165, 1.54) is 6.42 Å². The molecule has 0 saturated carbocycles. The Labute approximate surface area is 114 Å². The molecule has 2 heterocycles. The summed E-state index contributed by atoms with van der Waals surface area (Å²) >= 11 is 0. The Balaban J connectivity index is 1.92. The second-order valence-corrected chi connectivity index (χ2v) is 5.49. The van der Waals surface area contributed by atoms with Crippen LogP contribution in [0, 0.1) is 5.92 Å². The van der Waals surface area contributed by atoms with Gasteiger partial charge >= 0.3 is 0 Å². The van der Waals surface area contributed by atoms with Gasteiger partial charge in [0, 0.05) is 38.1 Å². The quantitative estimate of drug-likeness (QED) is 0.873. The van der Waals surface area contributed by atoms with Gasteiger partial charge in [-0.1, -0.05) is 0 Å². The van der Waals surface area contributed by atoms with E-state index in [0.29, 0.717) is 24.3 Å². The summed E-state index contributed by atoms with van der Waals surface area (Å²) in [7, 11) is 0. The topological polar surface area (TPSA) is 50.2 Å². The molecule has 1 aliphatic heterocycles. The van der Waals surface area contributed by atoms with E-state index < -0.39 is 0 Å². The Bertz CT molecular complexity index is 469. The molecular formula is C14H24N4O. The van der Waals surface area contributed by atoms with Crippen molar-refractivity contribution in [3.8, 4) is 0 Å². The maximum absolute atomic E-state index is 12.0. The standard InChI is InChI=1S/C14H24N4O/c1-4-17-8-6-15-13(14(17)19)16-9-12-5-7-18(10-12)11(2)3/h6,8,11-12H,4-5,7,9-10H2,1-3H3,(H,15,16). The summed E-state index contributed by atoms with van der Waals surface area (Å²) in [4.78, 5) is 18.6. The van der Waals surface area contributed by atoms with Crippen molar-refractivity contribution in [1.82, 2.24) is 14.5 Å². The number of aromatic nitrogens is 2. The lowest BCUT2D eigenvalue weighted by molar-refractivity contribution is 0.266. The monoisotopic (exact) mass is 264 g/mol. The van der Waals surface area contributed by atoms with Crippen LogP contribution in [0.15, 0.2) is 17.2 Å². The van der Waals surface area contributed by atoms with Crippen molar-refractivity contribution < 1.29 is 0 Å². The minimum atomic E-state index is -0.0243. The van der Waals surface area contributed by atoms with E-state index in [9.17, 15) is 4.79 Å². The van der Waals surface area contributed by atoms with Crippen LogP contribution in [-0.4, -0.2) is 40.1 Å². The average molecular weight is 264 g/mol. The number of rotatable bonds is 5. The van der Waals surface area contributed by atoms with Gasteiger partial charge in [-0.05, 0) is 39.7 Å². The molecule has 1 unspecified atom stereocenters. The third kappa shape index (κ3) is 3.35. The molecular weight excluding hydrogens is 240 g/mol. The number of hydrogen-bond donors (Lipinski definition) is 1. The molecule has 0 amide bonds. The first-order valence-electron chi connectivity index (χ1n) is 7.15. The zero-order valence-electron chi connectivity index (χ0n) is 12.1. The third-order valence-electron chi connectivity index (χ3n) is 3.86. The Morgan fingerprint density at radius 2 is 2.32 bits per heavy atom. The van der Waals surface area contributed by atoms with E-state index in [1.807, 2.05) is 6.92 Å². The largest absolute Gasteiger partial charge is 0.365 e. The van der Waals surface area contributed by atoms with Crippen LogP contribution in [0.2, 0.25) is 0 Å². The summed E-state index contributed by atoms with van der Waals surface area (Å²) < 4.78 is 1.67. The van der Waals surface area contributed by atoms with Gasteiger partial charge in [-0.15, -0.1) is 0 Å². The van der Waals surface area contributed by atoms with Crippen molar-refractivity contribution in [2.24, 2.45) is 5.92 Å². The maximum Gasteiger partial charge on any atom is 0.293 e. The minimum Gasteiger partial charge on any atom is -0.365 e. The molecule has 1 aromatic heterocycles. The lowest BCUT2D eigenvalue weighted by atomic mass is 10.1. The molecule has 19 heavy (non-hydrogen) atoms. The fraction of sp³-hybridized carbons (Fsp3) is 0.714. The second-order valence-electron chi connectivity index (χ2n) is 5.49. The molecule has 1 N–H and O–H groups in total. The molecule has 1 fully saturated rings. The van der Waals surface area contributed by atoms with Gasteiger partial charge in [-0.25, -0.2) is 4.98 Å². The van der Waals surface area contributed by atoms with Gasteiger partial charge in [0.2, 0.25) is 0 Å². The number of likely N-dealkylation sites (tertiary alicyclic amines) is 1. The van der Waals surface area contributed by atoms with Crippen molar-refractivity contribution in [2.75, 3.05) is 25.0 Å². The molecule has 106 valence electrons. The van der Waals surface area contributed by atoms with Crippen LogP contribution in [0.1, 0.15) is 27.2 Å². The van der Waals surface area contributed by atoms with Crippen LogP contribution >= 0.6 is 0 Å². The number of aryl methyl sites for hydroxylation is 1. The van der Waals surface area contributed by atoms with Crippen LogP contribution in [0.25, 0.3) is 0 Å². The Morgan fingerprint density at radius 3 is 2.95 bits per heavy atom. The molecule has 1 saturated heterocycles. The third-order valence-corrected chi connectivity index (χ3v) is 3.86. The van der Waals surface area contributed by atoms with E-state index >= 15 is 0 Å². The average Bonchev–Trinajstić information content (AvgIpc) is 2.86. The van der Waals surface area contributed by atoms with Crippen molar-refractivity contribution in [3.63, 3.8) is 0 Å². The van der Waals surface area contributed by atoms with E-state index in [2.05, 4.69) is 29.0 Å². The van der Waals surface area contributed by atoms with Crippen LogP contribution in [0.3, 0.4) is 0 Å². The summed E-state index contributed by atoms with van der Waals surface area (Å²) in [5.41, 5.74) is -0.0243. The molecule has 0 aliphatic carbocycles. The van der Waals surface area contributed by atoms with Gasteiger partial charge in [-0.2, -0.15) is 0 Å². The minimum absolute atomic E-state index is 0.0243. The van der Waals surface area contributed by atoms with Crippen molar-refractivity contribution in [3.05, 3.63) is 22.7 Å². The van der Waals surface area contributed by atoms with E-state index in [1.54, 1.807) is 17.0 Å². The van der Waals surface area contributed by atoms with Crippen LogP contribution in [-0.2, 0) is 6.54 Å². The van der Waals surface area contributed by atoms with Crippen LogP contribution < -0.4 is 10.9 Å². The maximum atomic E-state index is 12.0. The van der Waals surface area contributed by atoms with E-state index in [4.69, 9.17) is 0 Å². The van der Waals surface area contributed by atoms with E-state index in [-0.39, 0.29) is 5.56 Å². The Kier molecular flexibility index (Phi) is 4.58. The lowest BCUT2D eigenvalue weighted by Gasteiger charge is -2.20. The summed E-state index contributed by atoms with van der Waals surface area (Å²) in [5, 5.41) is 3.22. The highest BCUT2D eigenvalue weighted by atomic mass is 16.1. The molecule has 0 radical (unpaired) electrons. The van der Waals surface area contributed by atoms with Crippen molar-refractivity contribution in [2.45, 2.75) is 39.8 Å². The normalized spacial score (nSPS) is 20.1. The second kappa shape index (κ2) is 6.19. The molecule has 1 aliphatic rings. The van der Waals surface area contributed by atoms with Crippen LogP contribution in [0.4, 0.5) is 5.82 Å². The molecule has 1 aromatic rings. The lowest BCUT2D eigenvalue weighted by Crippen LogP contribution is -2.30. The van der Waals surface area contributed by atoms with Crippen LogP contribution in [0.5, 0.6) is 0 Å². The smallest absolute Gasteiger partial charge is 0.293 e. The zero-order chi connectivity index (χ0) is 13.8. The van der Waals surface area contributed by atoms with Gasteiger partial charge in [0.1, 0.15) is 0 Å². The molecule has 1 atom stereocenters. The highest BCUT2D eigenvalue weighted by Crippen LogP contribution is 2.18. The zero-order valence-corrected chi connectivity index (χ0v) is 12.1. The molecule has 0 spiro atoms. The molecule has 5 nitrogen and oxygen atoms in total. The highest BCUT2D eigenvalue weighted by molar-refractivity contribution is 5.30. The first-order valence-corrected chi connectivity index (χ1v) is 7.15. The van der Waals surface area contributed by atoms with Crippen molar-refractivity contribution >= 4 is 5.82 Å². The summed E-state index contributed by atoms with van der Waals surface area (Å²) in [6, 6.07) is 0.608. The fourth-order valence-electron chi connectivity index (χ4n) is 2.56. The van der Waals surface area contributed by atoms with E-state index in [0.717, 1.165) is 19.6 Å². The number of nitrogens with zero attached hydrogens (tertiary/aromatic N) is 3. The van der Waals surface area contributed by atoms with Gasteiger partial charge in [0.05, 0.1) is 0 Å². The molecule has 0 aromatic carbocycles. The van der Waals surface area contributed by atoms with Gasteiger partial charge in [-0.3, -0.25) is 4.79 Å². The van der Waals surface area contributed by atoms with Gasteiger partial charge < -0.3 is 14.8 Å². The molecule has 2 rings (SSSR count). The SMILES string of the molecule is CCn1ccnc(NCC2CCN(C(C)C)C2)c1=O. The first-order chi connectivity index (χ1) is 9.11.